The Morgan fingerprint density at radius 1 is 1.44 bits per heavy atom. The molecule has 18 heavy (non-hydrogen) atoms. The molecule has 1 N–H and O–H groups in total. The van der Waals surface area contributed by atoms with Gasteiger partial charge in [0.05, 0.1) is 24.9 Å². The van der Waals surface area contributed by atoms with Crippen LogP contribution < -0.4 is 5.32 Å². The highest BCUT2D eigenvalue weighted by Crippen LogP contribution is 2.16. The maximum absolute atomic E-state index is 11.5. The van der Waals surface area contributed by atoms with Crippen molar-refractivity contribution >= 4 is 29.2 Å². The molecule has 1 heterocycles. The van der Waals surface area contributed by atoms with E-state index in [1.54, 1.807) is 19.9 Å². The van der Waals surface area contributed by atoms with E-state index in [1.165, 1.54) is 6.20 Å². The molecule has 6 heteroatoms. The fraction of sp³-hybridized carbons (Fsp3) is 0.417. The lowest BCUT2D eigenvalue weighted by atomic mass is 10.2. The highest BCUT2D eigenvalue weighted by molar-refractivity contribution is 6.30. The molecule has 0 aliphatic carbocycles. The van der Waals surface area contributed by atoms with Crippen molar-refractivity contribution in [2.75, 3.05) is 11.9 Å². The molecule has 5 nitrogen and oxygen atoms in total. The lowest BCUT2D eigenvalue weighted by Gasteiger charge is -2.06. The molecule has 0 saturated carbocycles. The first-order valence-electron chi connectivity index (χ1n) is 5.60. The summed E-state index contributed by atoms with van der Waals surface area (Å²) in [5.74, 6) is -0.635. The van der Waals surface area contributed by atoms with Gasteiger partial charge >= 0.3 is 5.97 Å². The molecule has 1 rings (SSSR count). The van der Waals surface area contributed by atoms with Crippen molar-refractivity contribution in [3.63, 3.8) is 0 Å². The Balaban J connectivity index is 2.44. The van der Waals surface area contributed by atoms with Crippen LogP contribution in [0.3, 0.4) is 0 Å². The van der Waals surface area contributed by atoms with Gasteiger partial charge in [-0.1, -0.05) is 11.6 Å². The first kappa shape index (κ1) is 14.4. The fourth-order valence-electron chi connectivity index (χ4n) is 1.30. The predicted molar refractivity (Wildman–Crippen MR) is 68.5 cm³/mol. The second kappa shape index (κ2) is 6.96. The zero-order valence-electron chi connectivity index (χ0n) is 10.3. The number of carbonyl (C=O) groups excluding carboxylic acids is 2. The Hall–Kier alpha value is -1.62. The Bertz CT molecular complexity index is 449. The van der Waals surface area contributed by atoms with Crippen LogP contribution in [0.2, 0.25) is 5.15 Å². The van der Waals surface area contributed by atoms with Gasteiger partial charge in [0.2, 0.25) is 5.91 Å². The number of anilines is 1. The number of ether oxygens (including phenoxy) is 1. The molecule has 1 aromatic heterocycles. The SMILES string of the molecule is CCOC(=O)CCC(=O)Nc1cnc(Cl)c(C)c1. The number of amides is 1. The summed E-state index contributed by atoms with van der Waals surface area (Å²) >= 11 is 5.77. The zero-order chi connectivity index (χ0) is 13.5. The second-order valence-electron chi connectivity index (χ2n) is 3.68. The molecule has 0 fully saturated rings. The highest BCUT2D eigenvalue weighted by Gasteiger charge is 2.08. The van der Waals surface area contributed by atoms with Gasteiger partial charge in [0, 0.05) is 6.42 Å². The molecule has 0 aliphatic heterocycles. The van der Waals surface area contributed by atoms with Crippen molar-refractivity contribution in [1.29, 1.82) is 0 Å². The number of nitrogens with one attached hydrogen (secondary N) is 1. The number of rotatable bonds is 5. The van der Waals surface area contributed by atoms with Gasteiger partial charge in [-0.25, -0.2) is 4.98 Å². The molecule has 0 aromatic carbocycles. The van der Waals surface area contributed by atoms with Crippen LogP contribution in [0.1, 0.15) is 25.3 Å². The third kappa shape index (κ3) is 4.71. The normalized spacial score (nSPS) is 9.94. The number of aromatic nitrogens is 1. The largest absolute Gasteiger partial charge is 0.466 e. The molecule has 0 atom stereocenters. The third-order valence-electron chi connectivity index (χ3n) is 2.16. The molecule has 0 radical (unpaired) electrons. The van der Waals surface area contributed by atoms with Crippen LogP contribution in [0.25, 0.3) is 0 Å². The van der Waals surface area contributed by atoms with E-state index < -0.39 is 0 Å². The second-order valence-corrected chi connectivity index (χ2v) is 4.04. The number of hydrogen-bond donors (Lipinski definition) is 1. The lowest BCUT2D eigenvalue weighted by molar-refractivity contribution is -0.144. The summed E-state index contributed by atoms with van der Waals surface area (Å²) in [7, 11) is 0. The Morgan fingerprint density at radius 2 is 2.17 bits per heavy atom. The maximum atomic E-state index is 11.5. The van der Waals surface area contributed by atoms with E-state index in [9.17, 15) is 9.59 Å². The molecule has 0 aliphatic rings. The number of nitrogens with zero attached hydrogens (tertiary/aromatic N) is 1. The van der Waals surface area contributed by atoms with Crippen LogP contribution in [0.4, 0.5) is 5.69 Å². The molecular weight excluding hydrogens is 256 g/mol. The zero-order valence-corrected chi connectivity index (χ0v) is 11.1. The number of carbonyl (C=O) groups is 2. The molecule has 0 bridgehead atoms. The summed E-state index contributed by atoms with van der Waals surface area (Å²) in [4.78, 5) is 26.5. The predicted octanol–water partition coefficient (Wildman–Crippen LogP) is 2.33. The van der Waals surface area contributed by atoms with Crippen LogP contribution in [-0.4, -0.2) is 23.5 Å². The molecule has 0 saturated heterocycles. The van der Waals surface area contributed by atoms with Crippen LogP contribution in [-0.2, 0) is 14.3 Å². The maximum Gasteiger partial charge on any atom is 0.306 e. The summed E-state index contributed by atoms with van der Waals surface area (Å²) < 4.78 is 4.73. The van der Waals surface area contributed by atoms with Crippen LogP contribution >= 0.6 is 11.6 Å². The van der Waals surface area contributed by atoms with E-state index >= 15 is 0 Å². The number of aryl methyl sites for hydroxylation is 1. The highest BCUT2D eigenvalue weighted by atomic mass is 35.5. The van der Waals surface area contributed by atoms with Gasteiger partial charge in [-0.05, 0) is 25.5 Å². The summed E-state index contributed by atoms with van der Waals surface area (Å²) in [6.45, 7) is 3.84. The molecule has 1 aromatic rings. The van der Waals surface area contributed by atoms with E-state index in [2.05, 4.69) is 10.3 Å². The minimum absolute atomic E-state index is 0.0691. The van der Waals surface area contributed by atoms with E-state index in [1.807, 2.05) is 0 Å². The molecule has 0 spiro atoms. The van der Waals surface area contributed by atoms with Crippen molar-refractivity contribution in [2.24, 2.45) is 0 Å². The first-order valence-corrected chi connectivity index (χ1v) is 5.98. The van der Waals surface area contributed by atoms with Crippen LogP contribution in [0.5, 0.6) is 0 Å². The smallest absolute Gasteiger partial charge is 0.306 e. The van der Waals surface area contributed by atoms with Gasteiger partial charge < -0.3 is 10.1 Å². The minimum atomic E-state index is -0.377. The van der Waals surface area contributed by atoms with Crippen molar-refractivity contribution < 1.29 is 14.3 Å². The van der Waals surface area contributed by atoms with Gasteiger partial charge in [-0.2, -0.15) is 0 Å². The molecule has 1 amide bonds. The average molecular weight is 271 g/mol. The minimum Gasteiger partial charge on any atom is -0.466 e. The van der Waals surface area contributed by atoms with Crippen LogP contribution in [0, 0.1) is 6.92 Å². The summed E-state index contributed by atoms with van der Waals surface area (Å²) in [6.07, 6.45) is 1.62. The topological polar surface area (TPSA) is 68.3 Å². The van der Waals surface area contributed by atoms with Crippen LogP contribution in [0.15, 0.2) is 12.3 Å². The Morgan fingerprint density at radius 3 is 2.78 bits per heavy atom. The monoisotopic (exact) mass is 270 g/mol. The summed E-state index contributed by atoms with van der Waals surface area (Å²) in [6, 6.07) is 1.72. The van der Waals surface area contributed by atoms with E-state index in [4.69, 9.17) is 16.3 Å². The van der Waals surface area contributed by atoms with Gasteiger partial charge in [0.25, 0.3) is 0 Å². The molecule has 0 unspecified atom stereocenters. The van der Waals surface area contributed by atoms with Crippen molar-refractivity contribution in [1.82, 2.24) is 4.98 Å². The average Bonchev–Trinajstić information content (AvgIpc) is 2.32. The van der Waals surface area contributed by atoms with Crippen molar-refractivity contribution in [3.8, 4) is 0 Å². The summed E-state index contributed by atoms with van der Waals surface area (Å²) in [5, 5.41) is 3.04. The van der Waals surface area contributed by atoms with Gasteiger partial charge in [-0.3, -0.25) is 9.59 Å². The van der Waals surface area contributed by atoms with Crippen molar-refractivity contribution in [2.45, 2.75) is 26.7 Å². The quantitative estimate of drug-likeness (QED) is 0.659. The lowest BCUT2D eigenvalue weighted by Crippen LogP contribution is -2.14. The first-order chi connectivity index (χ1) is 8.52. The van der Waals surface area contributed by atoms with Gasteiger partial charge in [0.1, 0.15) is 5.15 Å². The van der Waals surface area contributed by atoms with Crippen molar-refractivity contribution in [3.05, 3.63) is 23.0 Å². The van der Waals surface area contributed by atoms with Gasteiger partial charge in [0.15, 0.2) is 0 Å². The summed E-state index contributed by atoms with van der Waals surface area (Å²) in [5.41, 5.74) is 1.34. The molecular formula is C12H15ClN2O3. The standard InChI is InChI=1S/C12H15ClN2O3/c1-3-18-11(17)5-4-10(16)15-9-6-8(2)12(13)14-7-9/h6-7H,3-5H2,1-2H3,(H,15,16). The number of hydrogen-bond acceptors (Lipinski definition) is 4. The molecule has 98 valence electrons. The van der Waals surface area contributed by atoms with E-state index in [-0.39, 0.29) is 24.7 Å². The Kier molecular flexibility index (Phi) is 5.58. The van der Waals surface area contributed by atoms with E-state index in [0.29, 0.717) is 17.4 Å². The number of esters is 1. The number of halogens is 1. The van der Waals surface area contributed by atoms with Gasteiger partial charge in [-0.15, -0.1) is 0 Å². The fourth-order valence-corrected chi connectivity index (χ4v) is 1.40. The van der Waals surface area contributed by atoms with E-state index in [0.717, 1.165) is 5.56 Å². The number of pyridine rings is 1. The Labute approximate surface area is 110 Å². The third-order valence-corrected chi connectivity index (χ3v) is 2.56.